The zero-order chi connectivity index (χ0) is 14.1. The Morgan fingerprint density at radius 2 is 2.24 bits per heavy atom. The van der Waals surface area contributed by atoms with Gasteiger partial charge in [-0.1, -0.05) is 0 Å². The van der Waals surface area contributed by atoms with E-state index in [9.17, 15) is 0 Å². The molecule has 21 heavy (non-hydrogen) atoms. The lowest BCUT2D eigenvalue weighted by molar-refractivity contribution is -0.0416. The molecule has 0 bridgehead atoms. The van der Waals surface area contributed by atoms with E-state index in [0.29, 0.717) is 11.7 Å². The molecule has 0 aromatic carbocycles. The van der Waals surface area contributed by atoms with Crippen molar-refractivity contribution < 1.29 is 4.74 Å². The summed E-state index contributed by atoms with van der Waals surface area (Å²) in [7, 11) is 0. The van der Waals surface area contributed by atoms with Gasteiger partial charge in [-0.2, -0.15) is 0 Å². The maximum atomic E-state index is 5.94. The number of ether oxygens (including phenoxy) is 1. The lowest BCUT2D eigenvalue weighted by atomic mass is 10.2. The van der Waals surface area contributed by atoms with Crippen molar-refractivity contribution in [2.45, 2.75) is 25.0 Å². The summed E-state index contributed by atoms with van der Waals surface area (Å²) < 4.78 is 5.94. The SMILES string of the molecule is c1cnc2nc(NCC3CN4CCCC4CO3)ccc2n1. The Kier molecular flexibility index (Phi) is 3.40. The standard InChI is InChI=1S/C15H19N5O/c1-2-11-10-21-12(9-20(11)7-1)8-18-14-4-3-13-15(19-14)17-6-5-16-13/h3-6,11-12H,1-2,7-10H2,(H,17,18,19). The van der Waals surface area contributed by atoms with E-state index in [2.05, 4.69) is 25.2 Å². The molecule has 0 spiro atoms. The van der Waals surface area contributed by atoms with Crippen LogP contribution in [-0.2, 0) is 4.74 Å². The topological polar surface area (TPSA) is 63.2 Å². The molecule has 2 fully saturated rings. The molecule has 6 nitrogen and oxygen atoms in total. The second-order valence-electron chi connectivity index (χ2n) is 5.72. The van der Waals surface area contributed by atoms with Gasteiger partial charge in [0.1, 0.15) is 11.3 Å². The Morgan fingerprint density at radius 3 is 3.24 bits per heavy atom. The second kappa shape index (κ2) is 5.54. The van der Waals surface area contributed by atoms with Gasteiger partial charge in [0.25, 0.3) is 0 Å². The fourth-order valence-electron chi connectivity index (χ4n) is 3.18. The maximum absolute atomic E-state index is 5.94. The van der Waals surface area contributed by atoms with E-state index in [1.165, 1.54) is 19.4 Å². The highest BCUT2D eigenvalue weighted by Crippen LogP contribution is 2.22. The smallest absolute Gasteiger partial charge is 0.180 e. The van der Waals surface area contributed by atoms with Gasteiger partial charge in [0.2, 0.25) is 0 Å². The molecule has 2 unspecified atom stereocenters. The normalized spacial score (nSPS) is 25.9. The van der Waals surface area contributed by atoms with Crippen molar-refractivity contribution in [3.63, 3.8) is 0 Å². The molecule has 4 heterocycles. The quantitative estimate of drug-likeness (QED) is 0.917. The number of nitrogens with one attached hydrogen (secondary N) is 1. The number of aromatic nitrogens is 3. The van der Waals surface area contributed by atoms with Crippen LogP contribution in [0.25, 0.3) is 11.2 Å². The van der Waals surface area contributed by atoms with Crippen LogP contribution in [0.5, 0.6) is 0 Å². The Hall–Kier alpha value is -1.79. The van der Waals surface area contributed by atoms with Crippen molar-refractivity contribution in [3.8, 4) is 0 Å². The molecular weight excluding hydrogens is 266 g/mol. The third kappa shape index (κ3) is 2.69. The van der Waals surface area contributed by atoms with Crippen LogP contribution in [0.2, 0.25) is 0 Å². The van der Waals surface area contributed by atoms with Crippen LogP contribution in [0.4, 0.5) is 5.82 Å². The minimum Gasteiger partial charge on any atom is -0.373 e. The fraction of sp³-hybridized carbons (Fsp3) is 0.533. The van der Waals surface area contributed by atoms with Gasteiger partial charge in [0.05, 0.1) is 12.7 Å². The molecule has 0 radical (unpaired) electrons. The highest BCUT2D eigenvalue weighted by Gasteiger charge is 2.31. The van der Waals surface area contributed by atoms with Gasteiger partial charge in [0.15, 0.2) is 5.65 Å². The highest BCUT2D eigenvalue weighted by molar-refractivity contribution is 5.71. The van der Waals surface area contributed by atoms with E-state index in [4.69, 9.17) is 4.74 Å². The van der Waals surface area contributed by atoms with Gasteiger partial charge in [-0.05, 0) is 31.5 Å². The van der Waals surface area contributed by atoms with E-state index >= 15 is 0 Å². The van der Waals surface area contributed by atoms with Crippen molar-refractivity contribution in [2.24, 2.45) is 0 Å². The average Bonchev–Trinajstić information content (AvgIpc) is 3.00. The van der Waals surface area contributed by atoms with Crippen molar-refractivity contribution >= 4 is 17.0 Å². The molecule has 6 heteroatoms. The first-order chi connectivity index (χ1) is 10.4. The van der Waals surface area contributed by atoms with Gasteiger partial charge in [-0.25, -0.2) is 9.97 Å². The summed E-state index contributed by atoms with van der Waals surface area (Å²) in [6, 6.07) is 4.53. The number of anilines is 1. The Labute approximate surface area is 123 Å². The maximum Gasteiger partial charge on any atom is 0.180 e. The summed E-state index contributed by atoms with van der Waals surface area (Å²) in [6.07, 6.45) is 6.17. The largest absolute Gasteiger partial charge is 0.373 e. The number of nitrogens with zero attached hydrogens (tertiary/aromatic N) is 4. The molecule has 2 saturated heterocycles. The molecule has 1 N–H and O–H groups in total. The first-order valence-electron chi connectivity index (χ1n) is 7.56. The number of hydrogen-bond donors (Lipinski definition) is 1. The van der Waals surface area contributed by atoms with Crippen LogP contribution < -0.4 is 5.32 Å². The summed E-state index contributed by atoms with van der Waals surface area (Å²) in [4.78, 5) is 15.5. The van der Waals surface area contributed by atoms with Crippen LogP contribution in [0.15, 0.2) is 24.5 Å². The van der Waals surface area contributed by atoms with Crippen molar-refractivity contribution in [3.05, 3.63) is 24.5 Å². The summed E-state index contributed by atoms with van der Waals surface area (Å²) >= 11 is 0. The minimum atomic E-state index is 0.235. The van der Waals surface area contributed by atoms with Crippen LogP contribution in [0.1, 0.15) is 12.8 Å². The van der Waals surface area contributed by atoms with Crippen LogP contribution in [-0.4, -0.2) is 58.2 Å². The Morgan fingerprint density at radius 1 is 1.29 bits per heavy atom. The molecule has 2 atom stereocenters. The number of fused-ring (bicyclic) bond motifs is 2. The first kappa shape index (κ1) is 12.9. The van der Waals surface area contributed by atoms with Gasteiger partial charge < -0.3 is 10.1 Å². The lowest BCUT2D eigenvalue weighted by Gasteiger charge is -2.35. The van der Waals surface area contributed by atoms with Crippen molar-refractivity contribution in [1.29, 1.82) is 0 Å². The van der Waals surface area contributed by atoms with E-state index < -0.39 is 0 Å². The molecule has 0 saturated carbocycles. The predicted molar refractivity (Wildman–Crippen MR) is 80.2 cm³/mol. The van der Waals surface area contributed by atoms with Crippen LogP contribution in [0, 0.1) is 0 Å². The van der Waals surface area contributed by atoms with E-state index in [0.717, 1.165) is 31.0 Å². The zero-order valence-corrected chi connectivity index (χ0v) is 11.9. The van der Waals surface area contributed by atoms with Crippen molar-refractivity contribution in [1.82, 2.24) is 19.9 Å². The van der Waals surface area contributed by atoms with Crippen molar-refractivity contribution in [2.75, 3.05) is 31.6 Å². The van der Waals surface area contributed by atoms with Gasteiger partial charge >= 0.3 is 0 Å². The average molecular weight is 285 g/mol. The summed E-state index contributed by atoms with van der Waals surface area (Å²) in [6.45, 7) is 3.88. The van der Waals surface area contributed by atoms with E-state index in [1.54, 1.807) is 12.4 Å². The minimum absolute atomic E-state index is 0.235. The van der Waals surface area contributed by atoms with Crippen LogP contribution >= 0.6 is 0 Å². The summed E-state index contributed by atoms with van der Waals surface area (Å²) in [5.41, 5.74) is 1.49. The number of morpholine rings is 1. The zero-order valence-electron chi connectivity index (χ0n) is 11.9. The second-order valence-corrected chi connectivity index (χ2v) is 5.72. The molecule has 0 amide bonds. The molecule has 4 rings (SSSR count). The first-order valence-corrected chi connectivity index (χ1v) is 7.56. The number of hydrogen-bond acceptors (Lipinski definition) is 6. The molecule has 0 aliphatic carbocycles. The predicted octanol–water partition coefficient (Wildman–Crippen LogP) is 1.30. The molecule has 2 aliphatic rings. The van der Waals surface area contributed by atoms with Crippen LogP contribution in [0.3, 0.4) is 0 Å². The third-order valence-corrected chi connectivity index (χ3v) is 4.30. The van der Waals surface area contributed by atoms with Gasteiger partial charge in [0, 0.05) is 31.5 Å². The summed E-state index contributed by atoms with van der Waals surface area (Å²) in [5.74, 6) is 0.829. The summed E-state index contributed by atoms with van der Waals surface area (Å²) in [5, 5.41) is 3.36. The van der Waals surface area contributed by atoms with Gasteiger partial charge in [-0.15, -0.1) is 0 Å². The van der Waals surface area contributed by atoms with E-state index in [1.807, 2.05) is 12.1 Å². The molecule has 2 aliphatic heterocycles. The highest BCUT2D eigenvalue weighted by atomic mass is 16.5. The van der Waals surface area contributed by atoms with E-state index in [-0.39, 0.29) is 6.10 Å². The number of pyridine rings is 1. The Balaban J connectivity index is 1.39. The number of rotatable bonds is 3. The molecular formula is C15H19N5O. The monoisotopic (exact) mass is 285 g/mol. The fourth-order valence-corrected chi connectivity index (χ4v) is 3.18. The lowest BCUT2D eigenvalue weighted by Crippen LogP contribution is -2.48. The Bertz CT molecular complexity index is 634. The molecule has 110 valence electrons. The van der Waals surface area contributed by atoms with Gasteiger partial charge in [-0.3, -0.25) is 9.88 Å². The molecule has 2 aromatic rings. The third-order valence-electron chi connectivity index (χ3n) is 4.30. The molecule has 2 aromatic heterocycles.